The van der Waals surface area contributed by atoms with Gasteiger partial charge in [0.1, 0.15) is 11.3 Å². The number of benzene rings is 2. The average molecular weight is 222 g/mol. The molecule has 0 saturated heterocycles. The number of aryl methyl sites for hydroxylation is 1. The summed E-state index contributed by atoms with van der Waals surface area (Å²) in [5, 5.41) is 1.18. The highest BCUT2D eigenvalue weighted by Crippen LogP contribution is 2.26. The third kappa shape index (κ3) is 1.84. The van der Waals surface area contributed by atoms with Crippen LogP contribution in [0.25, 0.3) is 22.1 Å². The fraction of sp³-hybridized carbons (Fsp3) is 0.125. The van der Waals surface area contributed by atoms with Crippen LogP contribution in [-0.4, -0.2) is 0 Å². The smallest absolute Gasteiger partial charge is 0.134 e. The Labute approximate surface area is 101 Å². The van der Waals surface area contributed by atoms with Crippen LogP contribution in [0.5, 0.6) is 0 Å². The van der Waals surface area contributed by atoms with Gasteiger partial charge >= 0.3 is 0 Å². The first-order valence-corrected chi connectivity index (χ1v) is 5.94. The first kappa shape index (κ1) is 10.2. The largest absolute Gasteiger partial charge is 0.461 e. The minimum Gasteiger partial charge on any atom is -0.461 e. The Morgan fingerprint density at radius 2 is 1.71 bits per heavy atom. The van der Waals surface area contributed by atoms with Gasteiger partial charge in [0.05, 0.1) is 0 Å². The molecule has 1 heterocycles. The molecular formula is C16H14O. The van der Waals surface area contributed by atoms with Gasteiger partial charge in [-0.1, -0.05) is 49.4 Å². The molecule has 0 radical (unpaired) electrons. The summed E-state index contributed by atoms with van der Waals surface area (Å²) in [7, 11) is 0. The molecule has 0 aliphatic heterocycles. The van der Waals surface area contributed by atoms with Crippen molar-refractivity contribution in [3.63, 3.8) is 0 Å². The van der Waals surface area contributed by atoms with Crippen LogP contribution >= 0.6 is 0 Å². The van der Waals surface area contributed by atoms with Gasteiger partial charge < -0.3 is 4.42 Å². The maximum atomic E-state index is 5.78. The van der Waals surface area contributed by atoms with E-state index in [-0.39, 0.29) is 0 Å². The van der Waals surface area contributed by atoms with E-state index in [1.54, 1.807) is 0 Å². The summed E-state index contributed by atoms with van der Waals surface area (Å²) in [6.45, 7) is 2.11. The highest BCUT2D eigenvalue weighted by atomic mass is 16.3. The van der Waals surface area contributed by atoms with Crippen molar-refractivity contribution in [2.75, 3.05) is 0 Å². The zero-order valence-corrected chi connectivity index (χ0v) is 9.81. The maximum absolute atomic E-state index is 5.78. The van der Waals surface area contributed by atoms with Crippen molar-refractivity contribution < 1.29 is 4.42 Å². The minimum absolute atomic E-state index is 0.940. The zero-order valence-electron chi connectivity index (χ0n) is 9.81. The molecule has 0 N–H and O–H groups in total. The number of hydrogen-bond donors (Lipinski definition) is 0. The van der Waals surface area contributed by atoms with Crippen molar-refractivity contribution in [3.8, 4) is 11.1 Å². The van der Waals surface area contributed by atoms with Crippen LogP contribution in [0.3, 0.4) is 0 Å². The predicted molar refractivity (Wildman–Crippen MR) is 71.0 cm³/mol. The van der Waals surface area contributed by atoms with Gasteiger partial charge in [-0.05, 0) is 23.3 Å². The molecule has 0 spiro atoms. The van der Waals surface area contributed by atoms with Crippen molar-refractivity contribution in [2.45, 2.75) is 13.3 Å². The lowest BCUT2D eigenvalue weighted by atomic mass is 10.0. The maximum Gasteiger partial charge on any atom is 0.134 e. The molecule has 2 aromatic carbocycles. The van der Waals surface area contributed by atoms with Gasteiger partial charge in [-0.25, -0.2) is 0 Å². The summed E-state index contributed by atoms with van der Waals surface area (Å²) in [4.78, 5) is 0. The van der Waals surface area contributed by atoms with Crippen molar-refractivity contribution in [2.24, 2.45) is 0 Å². The second-order valence-electron chi connectivity index (χ2n) is 4.18. The number of hydrogen-bond acceptors (Lipinski definition) is 1. The normalized spacial score (nSPS) is 10.9. The Hall–Kier alpha value is -2.02. The first-order valence-electron chi connectivity index (χ1n) is 5.94. The summed E-state index contributed by atoms with van der Waals surface area (Å²) in [5.41, 5.74) is 3.40. The van der Waals surface area contributed by atoms with Gasteiger partial charge in [0.2, 0.25) is 0 Å². The van der Waals surface area contributed by atoms with Crippen LogP contribution in [0.1, 0.15) is 12.7 Å². The van der Waals surface area contributed by atoms with Crippen LogP contribution in [0.15, 0.2) is 59.0 Å². The summed E-state index contributed by atoms with van der Waals surface area (Å²) < 4.78 is 5.78. The molecule has 0 unspecified atom stereocenters. The van der Waals surface area contributed by atoms with E-state index in [0.29, 0.717) is 0 Å². The van der Waals surface area contributed by atoms with Crippen LogP contribution in [0.2, 0.25) is 0 Å². The molecule has 0 saturated carbocycles. The quantitative estimate of drug-likeness (QED) is 0.614. The molecular weight excluding hydrogens is 208 g/mol. The molecule has 0 aliphatic rings. The van der Waals surface area contributed by atoms with E-state index < -0.39 is 0 Å². The van der Waals surface area contributed by atoms with E-state index in [1.807, 2.05) is 6.07 Å². The van der Waals surface area contributed by atoms with Gasteiger partial charge in [0, 0.05) is 11.8 Å². The molecule has 17 heavy (non-hydrogen) atoms. The topological polar surface area (TPSA) is 13.1 Å². The van der Waals surface area contributed by atoms with Crippen molar-refractivity contribution in [1.29, 1.82) is 0 Å². The third-order valence-corrected chi connectivity index (χ3v) is 3.03. The zero-order chi connectivity index (χ0) is 11.7. The highest BCUT2D eigenvalue weighted by Gasteiger charge is 2.04. The summed E-state index contributed by atoms with van der Waals surface area (Å²) in [6.07, 6.45) is 0.940. The molecule has 0 atom stereocenters. The van der Waals surface area contributed by atoms with Crippen molar-refractivity contribution in [3.05, 3.63) is 60.4 Å². The molecule has 0 fully saturated rings. The van der Waals surface area contributed by atoms with Gasteiger partial charge in [0.15, 0.2) is 0 Å². The second-order valence-corrected chi connectivity index (χ2v) is 4.18. The lowest BCUT2D eigenvalue weighted by Crippen LogP contribution is -1.75. The summed E-state index contributed by atoms with van der Waals surface area (Å²) in [5.74, 6) is 1.05. The molecule has 1 nitrogen and oxygen atoms in total. The number of fused-ring (bicyclic) bond motifs is 1. The molecule has 84 valence electrons. The lowest BCUT2D eigenvalue weighted by molar-refractivity contribution is 0.557. The molecule has 1 aromatic heterocycles. The van der Waals surface area contributed by atoms with E-state index in [2.05, 4.69) is 55.5 Å². The van der Waals surface area contributed by atoms with Crippen LogP contribution < -0.4 is 0 Å². The van der Waals surface area contributed by atoms with E-state index in [0.717, 1.165) is 17.8 Å². The number of furan rings is 1. The molecule has 0 amide bonds. The lowest BCUT2D eigenvalue weighted by Gasteiger charge is -2.00. The predicted octanol–water partition coefficient (Wildman–Crippen LogP) is 4.66. The molecule has 3 rings (SSSR count). The van der Waals surface area contributed by atoms with E-state index in [4.69, 9.17) is 4.42 Å². The summed E-state index contributed by atoms with van der Waals surface area (Å²) >= 11 is 0. The Morgan fingerprint density at radius 1 is 0.882 bits per heavy atom. The van der Waals surface area contributed by atoms with E-state index >= 15 is 0 Å². The standard InChI is InChI=1S/C16H14O/c1-2-15-10-14-9-8-13(11-16(14)17-15)12-6-4-3-5-7-12/h3-11H,2H2,1H3. The van der Waals surface area contributed by atoms with Crippen LogP contribution in [0, 0.1) is 0 Å². The second kappa shape index (κ2) is 4.10. The van der Waals surface area contributed by atoms with Gasteiger partial charge in [-0.3, -0.25) is 0 Å². The molecule has 0 bridgehead atoms. The van der Waals surface area contributed by atoms with Gasteiger partial charge in [0.25, 0.3) is 0 Å². The Bertz CT molecular complexity index is 635. The van der Waals surface area contributed by atoms with Gasteiger partial charge in [-0.2, -0.15) is 0 Å². The SMILES string of the molecule is CCc1cc2ccc(-c3ccccc3)cc2o1. The molecule has 1 heteroatoms. The monoisotopic (exact) mass is 222 g/mol. The summed E-state index contributed by atoms with van der Waals surface area (Å²) in [6, 6.07) is 18.9. The first-order chi connectivity index (χ1) is 8.36. The highest BCUT2D eigenvalue weighted by molar-refractivity contribution is 5.83. The third-order valence-electron chi connectivity index (χ3n) is 3.03. The number of rotatable bonds is 2. The fourth-order valence-corrected chi connectivity index (χ4v) is 2.07. The van der Waals surface area contributed by atoms with Crippen LogP contribution in [-0.2, 0) is 6.42 Å². The van der Waals surface area contributed by atoms with Crippen molar-refractivity contribution >= 4 is 11.0 Å². The van der Waals surface area contributed by atoms with E-state index in [9.17, 15) is 0 Å². The van der Waals surface area contributed by atoms with Crippen molar-refractivity contribution in [1.82, 2.24) is 0 Å². The van der Waals surface area contributed by atoms with Gasteiger partial charge in [-0.15, -0.1) is 0 Å². The Kier molecular flexibility index (Phi) is 2.45. The van der Waals surface area contributed by atoms with E-state index in [1.165, 1.54) is 16.5 Å². The molecule has 3 aromatic rings. The van der Waals surface area contributed by atoms with Crippen LogP contribution in [0.4, 0.5) is 0 Å². The fourth-order valence-electron chi connectivity index (χ4n) is 2.07. The Morgan fingerprint density at radius 3 is 2.47 bits per heavy atom. The Balaban J connectivity index is 2.13. The minimum atomic E-state index is 0.940. The molecule has 0 aliphatic carbocycles. The average Bonchev–Trinajstić information content (AvgIpc) is 2.81.